The number of carbonyl (C=O) groups excluding carboxylic acids is 1. The standard InChI is InChI=1S/C22H21N7O3S2.H2O/c1-27-22(24-25-26-27)34-13-15-12-33-20-17(19(30)29(20)18(15)21(31)32)23-16-7-9-28(10-8-16)11-14-5-3-2-4-6-14;/h2-10,17,20H,11-13H2,1H3,(H,31,32);1H2/t17-,20?;/m1./s1. The Hall–Kier alpha value is -3.42. The number of benzene rings is 1. The molecule has 0 saturated carbocycles. The topological polar surface area (TPSA) is 147 Å². The SMILES string of the molecule is Cn1nnnc1SCC1=C(C(=O)O)N2C(=O)[C@@H](Nc3cc[n+](Cc4ccccc4)cc3)C2SC1.[OH-]. The van der Waals surface area contributed by atoms with Crippen LogP contribution in [0.4, 0.5) is 5.69 Å². The highest BCUT2D eigenvalue weighted by Gasteiger charge is 2.53. The van der Waals surface area contributed by atoms with Crippen molar-refractivity contribution >= 4 is 41.1 Å². The summed E-state index contributed by atoms with van der Waals surface area (Å²) in [5.41, 5.74) is 2.78. The summed E-state index contributed by atoms with van der Waals surface area (Å²) >= 11 is 2.92. The van der Waals surface area contributed by atoms with Crippen LogP contribution < -0.4 is 9.88 Å². The predicted molar refractivity (Wildman–Crippen MR) is 129 cm³/mol. The molecule has 0 bridgehead atoms. The zero-order chi connectivity index (χ0) is 23.7. The van der Waals surface area contributed by atoms with E-state index in [9.17, 15) is 14.7 Å². The van der Waals surface area contributed by atoms with Crippen LogP contribution >= 0.6 is 23.5 Å². The van der Waals surface area contributed by atoms with Crippen LogP contribution in [0.25, 0.3) is 0 Å². The fourth-order valence-corrected chi connectivity index (χ4v) is 6.26. The molecule has 4 heterocycles. The molecule has 3 N–H and O–H groups in total. The Bertz CT molecular complexity index is 1250. The fourth-order valence-electron chi connectivity index (χ4n) is 3.92. The van der Waals surface area contributed by atoms with Gasteiger partial charge in [0.05, 0.1) is 0 Å². The van der Waals surface area contributed by atoms with E-state index in [2.05, 4.69) is 37.5 Å². The second-order valence-electron chi connectivity index (χ2n) is 7.91. The molecule has 5 rings (SSSR count). The van der Waals surface area contributed by atoms with Gasteiger partial charge >= 0.3 is 5.97 Å². The van der Waals surface area contributed by atoms with Crippen molar-refractivity contribution in [3.05, 3.63) is 71.7 Å². The fraction of sp³-hybridized carbons (Fsp3) is 0.273. The van der Waals surface area contributed by atoms with Crippen molar-refractivity contribution in [3.63, 3.8) is 0 Å². The lowest BCUT2D eigenvalue weighted by atomic mass is 10.0. The summed E-state index contributed by atoms with van der Waals surface area (Å²) in [4.78, 5) is 26.4. The van der Waals surface area contributed by atoms with Gasteiger partial charge in [-0.05, 0) is 16.0 Å². The van der Waals surface area contributed by atoms with E-state index in [1.165, 1.54) is 26.9 Å². The minimum atomic E-state index is -1.09. The predicted octanol–water partition coefficient (Wildman–Crippen LogP) is 1.20. The van der Waals surface area contributed by atoms with Gasteiger partial charge in [-0.1, -0.05) is 42.1 Å². The number of aromatic nitrogens is 5. The van der Waals surface area contributed by atoms with Gasteiger partial charge in [-0.3, -0.25) is 9.69 Å². The molecule has 1 aromatic carbocycles. The minimum Gasteiger partial charge on any atom is -0.870 e. The Morgan fingerprint density at radius 2 is 2.00 bits per heavy atom. The normalized spacial score (nSPS) is 19.0. The number of amides is 1. The first-order valence-electron chi connectivity index (χ1n) is 10.6. The minimum absolute atomic E-state index is 0. The van der Waals surface area contributed by atoms with Gasteiger partial charge in [0.1, 0.15) is 17.1 Å². The highest BCUT2D eigenvalue weighted by molar-refractivity contribution is 8.01. The van der Waals surface area contributed by atoms with Gasteiger partial charge in [-0.15, -0.1) is 16.9 Å². The third-order valence-corrected chi connectivity index (χ3v) is 8.06. The number of carboxylic acids is 1. The molecule has 3 aromatic rings. The van der Waals surface area contributed by atoms with Gasteiger partial charge in [0, 0.05) is 41.9 Å². The van der Waals surface area contributed by atoms with Crippen LogP contribution in [0.1, 0.15) is 5.56 Å². The van der Waals surface area contributed by atoms with E-state index in [4.69, 9.17) is 0 Å². The zero-order valence-electron chi connectivity index (χ0n) is 18.7. The van der Waals surface area contributed by atoms with E-state index < -0.39 is 12.0 Å². The van der Waals surface area contributed by atoms with Gasteiger partial charge in [0.15, 0.2) is 18.9 Å². The first kappa shape index (κ1) is 24.7. The van der Waals surface area contributed by atoms with E-state index in [-0.39, 0.29) is 22.5 Å². The van der Waals surface area contributed by atoms with Crippen LogP contribution in [-0.4, -0.2) is 70.5 Å². The second-order valence-corrected chi connectivity index (χ2v) is 9.96. The van der Waals surface area contributed by atoms with Crippen LogP contribution in [0.5, 0.6) is 0 Å². The van der Waals surface area contributed by atoms with Crippen LogP contribution in [0, 0.1) is 0 Å². The van der Waals surface area contributed by atoms with Gasteiger partial charge in [-0.25, -0.2) is 14.0 Å². The summed E-state index contributed by atoms with van der Waals surface area (Å²) in [6.45, 7) is 0.758. The lowest BCUT2D eigenvalue weighted by Gasteiger charge is -2.49. The second kappa shape index (κ2) is 10.5. The molecule has 1 amide bonds. The molecule has 1 unspecified atom stereocenters. The third-order valence-electron chi connectivity index (χ3n) is 5.63. The summed E-state index contributed by atoms with van der Waals surface area (Å²) in [6.07, 6.45) is 3.92. The third kappa shape index (κ3) is 5.01. The lowest BCUT2D eigenvalue weighted by molar-refractivity contribution is -0.688. The maximum absolute atomic E-state index is 13.0. The molecule has 2 atom stereocenters. The number of β-lactam (4-membered cyclic amide) rings is 1. The van der Waals surface area contributed by atoms with Gasteiger partial charge < -0.3 is 15.9 Å². The molecule has 182 valence electrons. The average molecular weight is 514 g/mol. The Balaban J connectivity index is 0.00000289. The maximum atomic E-state index is 13.0. The Morgan fingerprint density at radius 3 is 2.66 bits per heavy atom. The Labute approximate surface area is 209 Å². The largest absolute Gasteiger partial charge is 0.870 e. The number of carboxylic acid groups (broad SMARTS) is 1. The highest BCUT2D eigenvalue weighted by Crippen LogP contribution is 2.42. The zero-order valence-corrected chi connectivity index (χ0v) is 20.3. The van der Waals surface area contributed by atoms with E-state index >= 15 is 0 Å². The number of thioether (sulfide) groups is 2. The lowest BCUT2D eigenvalue weighted by Crippen LogP contribution is -2.67. The Kier molecular flexibility index (Phi) is 7.38. The quantitative estimate of drug-likeness (QED) is 0.256. The van der Waals surface area contributed by atoms with Gasteiger partial charge in [0.25, 0.3) is 5.91 Å². The first-order valence-corrected chi connectivity index (χ1v) is 12.6. The molecule has 2 aliphatic rings. The number of hydrogen-bond donors (Lipinski definition) is 2. The van der Waals surface area contributed by atoms with E-state index in [0.29, 0.717) is 22.2 Å². The number of rotatable bonds is 8. The Morgan fingerprint density at radius 1 is 1.26 bits per heavy atom. The number of fused-ring (bicyclic) bond motifs is 1. The van der Waals surface area contributed by atoms with Crippen molar-refractivity contribution in [1.82, 2.24) is 25.1 Å². The number of nitrogens with one attached hydrogen (secondary N) is 1. The molecule has 35 heavy (non-hydrogen) atoms. The number of aryl methyl sites for hydroxylation is 1. The highest BCUT2D eigenvalue weighted by atomic mass is 32.2. The van der Waals surface area contributed by atoms with Gasteiger partial charge in [-0.2, -0.15) is 0 Å². The molecule has 2 aliphatic heterocycles. The van der Waals surface area contributed by atoms with Crippen molar-refractivity contribution in [2.45, 2.75) is 23.1 Å². The molecule has 1 fully saturated rings. The van der Waals surface area contributed by atoms with Crippen LogP contribution in [0.15, 0.2) is 71.3 Å². The smallest absolute Gasteiger partial charge is 0.352 e. The first-order chi connectivity index (χ1) is 16.5. The van der Waals surface area contributed by atoms with Crippen LogP contribution in [0.2, 0.25) is 0 Å². The monoisotopic (exact) mass is 513 g/mol. The molecular weight excluding hydrogens is 490 g/mol. The molecule has 1 saturated heterocycles. The van der Waals surface area contributed by atoms with Crippen LogP contribution in [0.3, 0.4) is 0 Å². The number of pyridine rings is 1. The molecule has 0 spiro atoms. The van der Waals surface area contributed by atoms with E-state index in [1.807, 2.05) is 42.7 Å². The van der Waals surface area contributed by atoms with E-state index in [1.54, 1.807) is 18.8 Å². The van der Waals surface area contributed by atoms with E-state index in [0.717, 1.165) is 12.2 Å². The van der Waals surface area contributed by atoms with Gasteiger partial charge in [0.2, 0.25) is 5.16 Å². The molecule has 0 radical (unpaired) electrons. The average Bonchev–Trinajstić information content (AvgIpc) is 3.26. The summed E-state index contributed by atoms with van der Waals surface area (Å²) in [5, 5.41) is 24.8. The van der Waals surface area contributed by atoms with Crippen molar-refractivity contribution in [2.24, 2.45) is 7.05 Å². The van der Waals surface area contributed by atoms with Crippen molar-refractivity contribution < 1.29 is 24.7 Å². The van der Waals surface area contributed by atoms with Crippen molar-refractivity contribution in [2.75, 3.05) is 16.8 Å². The number of nitrogens with zero attached hydrogens (tertiary/aromatic N) is 6. The summed E-state index contributed by atoms with van der Waals surface area (Å²) in [5.74, 6) is -0.403. The molecule has 13 heteroatoms. The number of tetrazole rings is 1. The molecular formula is C22H23N7O4S2. The molecule has 11 nitrogen and oxygen atoms in total. The number of aliphatic carboxylic acids is 1. The number of carbonyl (C=O) groups is 2. The maximum Gasteiger partial charge on any atom is 0.352 e. The summed E-state index contributed by atoms with van der Waals surface area (Å²) in [6, 6.07) is 13.6. The summed E-state index contributed by atoms with van der Waals surface area (Å²) < 4.78 is 3.59. The number of hydrogen-bond acceptors (Lipinski definition) is 9. The number of anilines is 1. The molecule has 0 aliphatic carbocycles. The summed E-state index contributed by atoms with van der Waals surface area (Å²) in [7, 11) is 1.72. The van der Waals surface area contributed by atoms with Crippen LogP contribution in [-0.2, 0) is 23.2 Å². The van der Waals surface area contributed by atoms with Crippen molar-refractivity contribution in [1.29, 1.82) is 0 Å². The molecule has 2 aromatic heterocycles. The van der Waals surface area contributed by atoms with Crippen molar-refractivity contribution in [3.8, 4) is 0 Å².